The average molecular weight is 536 g/mol. The minimum atomic E-state index is -0.106. The van der Waals surface area contributed by atoms with Crippen LogP contribution in [0.1, 0.15) is 11.1 Å². The van der Waals surface area contributed by atoms with Gasteiger partial charge in [-0.15, -0.1) is 0 Å². The number of H-pyrrole nitrogens is 2. The first kappa shape index (κ1) is 24.4. The SMILES string of the molecule is Cc1cccc(-c2cccc3[nH]c(-c4n[nH]c5ccc(-c6cncc(NC(=O)Cc7ccccc7)c6)nc45)nc23)c1. The third-order valence-electron chi connectivity index (χ3n) is 7.00. The van der Waals surface area contributed by atoms with Crippen LogP contribution in [0.25, 0.3) is 56.0 Å². The molecule has 3 aromatic carbocycles. The number of amides is 1. The zero-order valence-corrected chi connectivity index (χ0v) is 22.2. The van der Waals surface area contributed by atoms with Crippen LogP contribution in [0.4, 0.5) is 5.69 Å². The van der Waals surface area contributed by atoms with Gasteiger partial charge >= 0.3 is 0 Å². The minimum absolute atomic E-state index is 0.106. The summed E-state index contributed by atoms with van der Waals surface area (Å²) in [5.74, 6) is 0.529. The number of fused-ring (bicyclic) bond motifs is 2. The number of nitrogens with one attached hydrogen (secondary N) is 3. The van der Waals surface area contributed by atoms with Crippen LogP contribution in [0.2, 0.25) is 0 Å². The van der Waals surface area contributed by atoms with E-state index in [0.29, 0.717) is 28.4 Å². The summed E-state index contributed by atoms with van der Waals surface area (Å²) in [5, 5.41) is 10.6. The Morgan fingerprint density at radius 2 is 1.68 bits per heavy atom. The van der Waals surface area contributed by atoms with Crippen molar-refractivity contribution in [2.24, 2.45) is 0 Å². The van der Waals surface area contributed by atoms with E-state index < -0.39 is 0 Å². The summed E-state index contributed by atoms with van der Waals surface area (Å²) in [6.45, 7) is 2.09. The summed E-state index contributed by atoms with van der Waals surface area (Å²) < 4.78 is 0. The van der Waals surface area contributed by atoms with E-state index in [1.54, 1.807) is 12.4 Å². The number of aromatic amines is 2. The second kappa shape index (κ2) is 10.2. The molecule has 8 nitrogen and oxygen atoms in total. The number of hydrogen-bond acceptors (Lipinski definition) is 5. The minimum Gasteiger partial charge on any atom is -0.336 e. The Morgan fingerprint density at radius 3 is 2.56 bits per heavy atom. The molecular weight excluding hydrogens is 510 g/mol. The molecule has 0 saturated heterocycles. The molecule has 0 aliphatic heterocycles. The molecule has 41 heavy (non-hydrogen) atoms. The van der Waals surface area contributed by atoms with Crippen molar-refractivity contribution in [1.82, 2.24) is 30.1 Å². The van der Waals surface area contributed by atoms with E-state index in [1.807, 2.05) is 60.7 Å². The summed E-state index contributed by atoms with van der Waals surface area (Å²) in [6.07, 6.45) is 3.65. The Balaban J connectivity index is 1.21. The van der Waals surface area contributed by atoms with Crippen molar-refractivity contribution >= 4 is 33.7 Å². The molecule has 198 valence electrons. The highest BCUT2D eigenvalue weighted by atomic mass is 16.1. The molecule has 1 amide bonds. The van der Waals surface area contributed by atoms with E-state index in [4.69, 9.17) is 9.97 Å². The number of benzene rings is 3. The lowest BCUT2D eigenvalue weighted by Crippen LogP contribution is -2.14. The Bertz CT molecular complexity index is 2040. The van der Waals surface area contributed by atoms with E-state index in [2.05, 4.69) is 62.7 Å². The first-order valence-electron chi connectivity index (χ1n) is 13.3. The Kier molecular flexibility index (Phi) is 6.05. The van der Waals surface area contributed by atoms with Gasteiger partial charge in [0.25, 0.3) is 0 Å². The molecule has 0 radical (unpaired) electrons. The van der Waals surface area contributed by atoms with Crippen molar-refractivity contribution in [3.63, 3.8) is 0 Å². The van der Waals surface area contributed by atoms with Crippen LogP contribution in [-0.2, 0) is 11.2 Å². The van der Waals surface area contributed by atoms with Gasteiger partial charge in [-0.3, -0.25) is 14.9 Å². The molecule has 8 heteroatoms. The van der Waals surface area contributed by atoms with Gasteiger partial charge in [0, 0.05) is 17.3 Å². The molecule has 0 unspecified atom stereocenters. The number of imidazole rings is 1. The van der Waals surface area contributed by atoms with Crippen molar-refractivity contribution < 1.29 is 4.79 Å². The van der Waals surface area contributed by atoms with Crippen LogP contribution >= 0.6 is 0 Å². The summed E-state index contributed by atoms with van der Waals surface area (Å²) >= 11 is 0. The van der Waals surface area contributed by atoms with Crippen molar-refractivity contribution in [3.05, 3.63) is 115 Å². The van der Waals surface area contributed by atoms with Crippen molar-refractivity contribution in [2.45, 2.75) is 13.3 Å². The number of para-hydroxylation sites is 1. The lowest BCUT2D eigenvalue weighted by atomic mass is 10.0. The van der Waals surface area contributed by atoms with E-state index in [-0.39, 0.29) is 12.3 Å². The monoisotopic (exact) mass is 535 g/mol. The van der Waals surface area contributed by atoms with Crippen molar-refractivity contribution in [2.75, 3.05) is 5.32 Å². The normalized spacial score (nSPS) is 11.2. The lowest BCUT2D eigenvalue weighted by molar-refractivity contribution is -0.115. The molecule has 7 aromatic rings. The van der Waals surface area contributed by atoms with E-state index in [1.165, 1.54) is 5.56 Å². The number of hydrogen-bond donors (Lipinski definition) is 3. The third-order valence-corrected chi connectivity index (χ3v) is 7.00. The molecule has 0 fully saturated rings. The van der Waals surface area contributed by atoms with Gasteiger partial charge in [-0.2, -0.15) is 5.10 Å². The first-order chi connectivity index (χ1) is 20.1. The van der Waals surface area contributed by atoms with Gasteiger partial charge in [0.1, 0.15) is 5.52 Å². The van der Waals surface area contributed by atoms with Gasteiger partial charge in [-0.1, -0.05) is 72.3 Å². The number of rotatable bonds is 6. The maximum atomic E-state index is 12.6. The zero-order chi connectivity index (χ0) is 27.8. The zero-order valence-electron chi connectivity index (χ0n) is 22.2. The predicted octanol–water partition coefficient (Wildman–Crippen LogP) is 6.72. The number of pyridine rings is 2. The number of anilines is 1. The summed E-state index contributed by atoms with van der Waals surface area (Å²) in [4.78, 5) is 30.3. The number of carbonyl (C=O) groups is 1. The van der Waals surface area contributed by atoms with Gasteiger partial charge in [-0.05, 0) is 42.3 Å². The van der Waals surface area contributed by atoms with Crippen molar-refractivity contribution in [3.8, 4) is 33.9 Å². The second-order valence-corrected chi connectivity index (χ2v) is 9.99. The molecular formula is C33H25N7O. The molecule has 4 heterocycles. The predicted molar refractivity (Wildman–Crippen MR) is 161 cm³/mol. The maximum absolute atomic E-state index is 12.6. The van der Waals surface area contributed by atoms with Crippen molar-refractivity contribution in [1.29, 1.82) is 0 Å². The summed E-state index contributed by atoms with van der Waals surface area (Å²) in [7, 11) is 0. The largest absolute Gasteiger partial charge is 0.336 e. The van der Waals surface area contributed by atoms with Crippen LogP contribution in [0.3, 0.4) is 0 Å². The number of carbonyl (C=O) groups excluding carboxylic acids is 1. The highest BCUT2D eigenvalue weighted by Crippen LogP contribution is 2.32. The molecule has 0 bridgehead atoms. The number of nitrogens with zero attached hydrogens (tertiary/aromatic N) is 4. The molecule has 0 spiro atoms. The fourth-order valence-electron chi connectivity index (χ4n) is 5.05. The highest BCUT2D eigenvalue weighted by molar-refractivity contribution is 5.97. The first-order valence-corrected chi connectivity index (χ1v) is 13.3. The van der Waals surface area contributed by atoms with E-state index >= 15 is 0 Å². The Labute approximate surface area is 235 Å². The summed E-state index contributed by atoms with van der Waals surface area (Å²) in [6, 6.07) is 29.9. The Morgan fingerprint density at radius 1 is 0.805 bits per heavy atom. The van der Waals surface area contributed by atoms with Crippen LogP contribution in [-0.4, -0.2) is 36.0 Å². The molecule has 0 atom stereocenters. The fourth-order valence-corrected chi connectivity index (χ4v) is 5.05. The summed E-state index contributed by atoms with van der Waals surface area (Å²) in [5.41, 5.74) is 10.3. The molecule has 7 rings (SSSR count). The van der Waals surface area contributed by atoms with Gasteiger partial charge in [-0.25, -0.2) is 9.97 Å². The standard InChI is InChI=1S/C33H25N7O/c1-20-7-5-10-22(15-20)25-11-6-12-27-30(25)38-33(37-27)32-31-28(39-40-32)14-13-26(36-31)23-17-24(19-34-18-23)35-29(41)16-21-8-3-2-4-9-21/h2-15,17-19H,16H2,1H3,(H,35,41)(H,37,38)(H,39,40). The fraction of sp³-hybridized carbons (Fsp3) is 0.0606. The highest BCUT2D eigenvalue weighted by Gasteiger charge is 2.17. The smallest absolute Gasteiger partial charge is 0.228 e. The lowest BCUT2D eigenvalue weighted by Gasteiger charge is -2.07. The molecule has 0 aliphatic carbocycles. The van der Waals surface area contributed by atoms with Gasteiger partial charge in [0.15, 0.2) is 11.5 Å². The quantitative estimate of drug-likeness (QED) is 0.219. The topological polar surface area (TPSA) is 112 Å². The van der Waals surface area contributed by atoms with Gasteiger partial charge in [0.2, 0.25) is 5.91 Å². The van der Waals surface area contributed by atoms with Gasteiger partial charge < -0.3 is 10.3 Å². The van der Waals surface area contributed by atoms with Crippen LogP contribution in [0.5, 0.6) is 0 Å². The van der Waals surface area contributed by atoms with E-state index in [9.17, 15) is 4.79 Å². The average Bonchev–Trinajstić information content (AvgIpc) is 3.61. The van der Waals surface area contributed by atoms with Gasteiger partial charge in [0.05, 0.1) is 40.5 Å². The van der Waals surface area contributed by atoms with E-state index in [0.717, 1.165) is 38.8 Å². The maximum Gasteiger partial charge on any atom is 0.228 e. The molecule has 3 N–H and O–H groups in total. The number of aryl methyl sites for hydroxylation is 1. The molecule has 0 aliphatic rings. The third kappa shape index (κ3) is 4.83. The van der Waals surface area contributed by atoms with Crippen LogP contribution < -0.4 is 5.32 Å². The van der Waals surface area contributed by atoms with Crippen LogP contribution in [0.15, 0.2) is 103 Å². The van der Waals surface area contributed by atoms with Crippen LogP contribution in [0, 0.1) is 6.92 Å². The molecule has 4 aromatic heterocycles. The second-order valence-electron chi connectivity index (χ2n) is 9.99. The number of aromatic nitrogens is 6. The molecule has 0 saturated carbocycles. The Hall–Kier alpha value is -5.63.